The van der Waals surface area contributed by atoms with Crippen molar-refractivity contribution in [3.8, 4) is 0 Å². The Hall–Kier alpha value is -2.21. The van der Waals surface area contributed by atoms with E-state index in [1.54, 1.807) is 12.3 Å². The molecule has 1 N–H and O–H groups in total. The number of likely N-dealkylation sites (N-methyl/N-ethyl adjacent to an activating group) is 1. The van der Waals surface area contributed by atoms with Gasteiger partial charge in [-0.15, -0.1) is 0 Å². The summed E-state index contributed by atoms with van der Waals surface area (Å²) in [7, 11) is 4.02. The first-order valence-corrected chi connectivity index (χ1v) is 5.99. The molecule has 0 saturated heterocycles. The Morgan fingerprint density at radius 2 is 2.16 bits per heavy atom. The van der Waals surface area contributed by atoms with E-state index in [1.807, 2.05) is 20.2 Å². The molecule has 0 bridgehead atoms. The van der Waals surface area contributed by atoms with Gasteiger partial charge in [0.1, 0.15) is 0 Å². The number of hydrogen-bond acceptors (Lipinski definition) is 5. The Morgan fingerprint density at radius 1 is 1.37 bits per heavy atom. The maximum atomic E-state index is 10.7. The summed E-state index contributed by atoms with van der Waals surface area (Å²) in [6, 6.07) is 6.61. The third-order valence-corrected chi connectivity index (χ3v) is 2.81. The first-order chi connectivity index (χ1) is 9.08. The fraction of sp³-hybridized carbons (Fsp3) is 0.308. The lowest BCUT2D eigenvalue weighted by Crippen LogP contribution is -2.20. The van der Waals surface area contributed by atoms with Crippen molar-refractivity contribution in [1.82, 2.24) is 9.88 Å². The quantitative estimate of drug-likeness (QED) is 0.658. The average Bonchev–Trinajstić information content (AvgIpc) is 2.37. The summed E-state index contributed by atoms with van der Waals surface area (Å²) in [6.45, 7) is 1.72. The Morgan fingerprint density at radius 3 is 2.84 bits per heavy atom. The number of aromatic nitrogens is 1. The molecule has 0 aliphatic heterocycles. The number of nitrogens with one attached hydrogen (secondary N) is 1. The summed E-state index contributed by atoms with van der Waals surface area (Å²) < 4.78 is 0. The molecule has 0 aliphatic carbocycles. The average molecular weight is 260 g/mol. The molecule has 0 amide bonds. The molecule has 1 heterocycles. The summed E-state index contributed by atoms with van der Waals surface area (Å²) in [5, 5.41) is 14.9. The van der Waals surface area contributed by atoms with Crippen molar-refractivity contribution in [2.45, 2.75) is 0 Å². The van der Waals surface area contributed by atoms with Crippen LogP contribution < -0.4 is 5.32 Å². The molecular formula is C13H16N4O2. The Balaban J connectivity index is 2.27. The van der Waals surface area contributed by atoms with Crippen LogP contribution in [0.2, 0.25) is 0 Å². The predicted octanol–water partition coefficient (Wildman–Crippen LogP) is 2.12. The summed E-state index contributed by atoms with van der Waals surface area (Å²) >= 11 is 0. The number of non-ortho nitro benzene ring substituents is 1. The molecule has 0 saturated carbocycles. The SMILES string of the molecule is CN(C)CCNc1ccnc2cc([N+](=O)[O-])ccc12. The molecule has 100 valence electrons. The van der Waals surface area contributed by atoms with Gasteiger partial charge in [0.05, 0.1) is 10.4 Å². The third-order valence-electron chi connectivity index (χ3n) is 2.81. The lowest BCUT2D eigenvalue weighted by atomic mass is 10.1. The van der Waals surface area contributed by atoms with Crippen LogP contribution in [0.4, 0.5) is 11.4 Å². The number of anilines is 1. The molecule has 6 nitrogen and oxygen atoms in total. The van der Waals surface area contributed by atoms with Crippen molar-refractivity contribution in [2.75, 3.05) is 32.5 Å². The van der Waals surface area contributed by atoms with Crippen LogP contribution in [0.1, 0.15) is 0 Å². The van der Waals surface area contributed by atoms with Crippen LogP contribution in [-0.4, -0.2) is 42.0 Å². The predicted molar refractivity (Wildman–Crippen MR) is 75.4 cm³/mol. The molecule has 0 aliphatic rings. The Kier molecular flexibility index (Phi) is 3.91. The van der Waals surface area contributed by atoms with Crippen LogP contribution >= 0.6 is 0 Å². The van der Waals surface area contributed by atoms with E-state index in [2.05, 4.69) is 15.2 Å². The van der Waals surface area contributed by atoms with Gasteiger partial charge < -0.3 is 10.2 Å². The van der Waals surface area contributed by atoms with Crippen molar-refractivity contribution in [3.63, 3.8) is 0 Å². The minimum Gasteiger partial charge on any atom is -0.383 e. The van der Waals surface area contributed by atoms with E-state index < -0.39 is 4.92 Å². The maximum Gasteiger partial charge on any atom is 0.271 e. The largest absolute Gasteiger partial charge is 0.383 e. The second-order valence-electron chi connectivity index (χ2n) is 4.55. The first-order valence-electron chi connectivity index (χ1n) is 5.99. The zero-order valence-corrected chi connectivity index (χ0v) is 11.0. The highest BCUT2D eigenvalue weighted by molar-refractivity contribution is 5.92. The number of nitro benzene ring substituents is 1. The molecule has 6 heteroatoms. The number of nitro groups is 1. The van der Waals surface area contributed by atoms with Crippen molar-refractivity contribution < 1.29 is 4.92 Å². The fourth-order valence-corrected chi connectivity index (χ4v) is 1.82. The van der Waals surface area contributed by atoms with Gasteiger partial charge in [-0.25, -0.2) is 0 Å². The number of pyridine rings is 1. The van der Waals surface area contributed by atoms with Gasteiger partial charge in [-0.05, 0) is 26.2 Å². The number of rotatable bonds is 5. The molecule has 0 fully saturated rings. The van der Waals surface area contributed by atoms with Crippen LogP contribution in [-0.2, 0) is 0 Å². The minimum atomic E-state index is -0.409. The zero-order chi connectivity index (χ0) is 13.8. The topological polar surface area (TPSA) is 71.3 Å². The van der Waals surface area contributed by atoms with Gasteiger partial charge in [0.25, 0.3) is 5.69 Å². The second kappa shape index (κ2) is 5.62. The van der Waals surface area contributed by atoms with Crippen LogP contribution in [0.15, 0.2) is 30.5 Å². The van der Waals surface area contributed by atoms with Gasteiger partial charge >= 0.3 is 0 Å². The molecule has 2 aromatic rings. The molecule has 0 spiro atoms. The highest BCUT2D eigenvalue weighted by Crippen LogP contribution is 2.25. The van der Waals surface area contributed by atoms with Gasteiger partial charge in [-0.3, -0.25) is 15.1 Å². The van der Waals surface area contributed by atoms with Crippen molar-refractivity contribution in [3.05, 3.63) is 40.6 Å². The molecule has 0 atom stereocenters. The lowest BCUT2D eigenvalue weighted by Gasteiger charge is -2.12. The molecule has 0 unspecified atom stereocenters. The number of hydrogen-bond donors (Lipinski definition) is 1. The first kappa shape index (κ1) is 13.2. The molecule has 2 rings (SSSR count). The number of fused-ring (bicyclic) bond motifs is 1. The van der Waals surface area contributed by atoms with Crippen LogP contribution in [0.25, 0.3) is 10.9 Å². The summed E-state index contributed by atoms with van der Waals surface area (Å²) in [6.07, 6.45) is 1.66. The lowest BCUT2D eigenvalue weighted by molar-refractivity contribution is -0.384. The van der Waals surface area contributed by atoms with Crippen molar-refractivity contribution in [2.24, 2.45) is 0 Å². The Labute approximate surface area is 111 Å². The van der Waals surface area contributed by atoms with Gasteiger partial charge in [0.2, 0.25) is 0 Å². The zero-order valence-electron chi connectivity index (χ0n) is 11.0. The summed E-state index contributed by atoms with van der Waals surface area (Å²) in [4.78, 5) is 16.6. The highest BCUT2D eigenvalue weighted by Gasteiger charge is 2.08. The third kappa shape index (κ3) is 3.17. The van der Waals surface area contributed by atoms with Gasteiger partial charge in [-0.1, -0.05) is 0 Å². The van der Waals surface area contributed by atoms with Gasteiger partial charge in [0, 0.05) is 42.5 Å². The molecule has 1 aromatic carbocycles. The van der Waals surface area contributed by atoms with Crippen molar-refractivity contribution >= 4 is 22.3 Å². The normalized spacial score (nSPS) is 10.9. The maximum absolute atomic E-state index is 10.7. The summed E-state index contributed by atoms with van der Waals surface area (Å²) in [5.74, 6) is 0. The van der Waals surface area contributed by atoms with Crippen LogP contribution in [0.3, 0.4) is 0 Å². The van der Waals surface area contributed by atoms with E-state index in [4.69, 9.17) is 0 Å². The second-order valence-corrected chi connectivity index (χ2v) is 4.55. The number of benzene rings is 1. The molecule has 1 aromatic heterocycles. The number of nitrogens with zero attached hydrogens (tertiary/aromatic N) is 3. The molecular weight excluding hydrogens is 244 g/mol. The van der Waals surface area contributed by atoms with E-state index in [0.29, 0.717) is 5.52 Å². The smallest absolute Gasteiger partial charge is 0.271 e. The van der Waals surface area contributed by atoms with E-state index in [9.17, 15) is 10.1 Å². The van der Waals surface area contributed by atoms with E-state index in [-0.39, 0.29) is 5.69 Å². The Bertz CT molecular complexity index is 598. The van der Waals surface area contributed by atoms with E-state index >= 15 is 0 Å². The standard InChI is InChI=1S/C13H16N4O2/c1-16(2)8-7-15-12-5-6-14-13-9-10(17(18)19)3-4-11(12)13/h3-6,9H,7-8H2,1-2H3,(H,14,15). The minimum absolute atomic E-state index is 0.0606. The fourth-order valence-electron chi connectivity index (χ4n) is 1.82. The highest BCUT2D eigenvalue weighted by atomic mass is 16.6. The monoisotopic (exact) mass is 260 g/mol. The summed E-state index contributed by atoms with van der Waals surface area (Å²) in [5.41, 5.74) is 1.64. The van der Waals surface area contributed by atoms with Crippen LogP contribution in [0, 0.1) is 10.1 Å². The van der Waals surface area contributed by atoms with Crippen LogP contribution in [0.5, 0.6) is 0 Å². The molecule has 19 heavy (non-hydrogen) atoms. The van der Waals surface area contributed by atoms with E-state index in [0.717, 1.165) is 24.2 Å². The van der Waals surface area contributed by atoms with Gasteiger partial charge in [0.15, 0.2) is 0 Å². The van der Waals surface area contributed by atoms with Gasteiger partial charge in [-0.2, -0.15) is 0 Å². The van der Waals surface area contributed by atoms with E-state index in [1.165, 1.54) is 12.1 Å². The van der Waals surface area contributed by atoms with Crippen molar-refractivity contribution in [1.29, 1.82) is 0 Å². The molecule has 0 radical (unpaired) electrons.